The highest BCUT2D eigenvalue weighted by Gasteiger charge is 2.29. The number of rotatable bonds is 2. The second-order valence-corrected chi connectivity index (χ2v) is 4.46. The molecule has 0 saturated carbocycles. The summed E-state index contributed by atoms with van der Waals surface area (Å²) >= 11 is 5.88. The molecule has 1 fully saturated rings. The monoisotopic (exact) mass is 244 g/mol. The van der Waals surface area contributed by atoms with Crippen LogP contribution in [0.4, 0.5) is 0 Å². The van der Waals surface area contributed by atoms with Gasteiger partial charge in [-0.15, -0.1) is 0 Å². The van der Waals surface area contributed by atoms with Crippen molar-refractivity contribution in [1.82, 2.24) is 10.1 Å². The number of aromatic carboxylic acids is 1. The minimum atomic E-state index is -1.10. The van der Waals surface area contributed by atoms with Gasteiger partial charge in [-0.2, -0.15) is 0 Å². The molecule has 0 bridgehead atoms. The fraction of sp³-hybridized carbons (Fsp3) is 0.600. The number of likely N-dealkylation sites (tertiary alicyclic amines) is 1. The molecule has 2 heterocycles. The highest BCUT2D eigenvalue weighted by atomic mass is 35.5. The third-order valence-corrected chi connectivity index (χ3v) is 3.28. The maximum absolute atomic E-state index is 10.9. The Kier molecular flexibility index (Phi) is 3.16. The minimum Gasteiger partial charge on any atom is -0.475 e. The first-order valence-electron chi connectivity index (χ1n) is 5.16. The predicted octanol–water partition coefficient (Wildman–Crippen LogP) is 1.84. The molecule has 2 rings (SSSR count). The SMILES string of the molecule is CN1CCC(c2c(Cl)noc2C(=O)O)CC1. The van der Waals surface area contributed by atoms with Gasteiger partial charge in [0, 0.05) is 5.56 Å². The van der Waals surface area contributed by atoms with E-state index >= 15 is 0 Å². The van der Waals surface area contributed by atoms with E-state index in [9.17, 15) is 4.79 Å². The molecule has 16 heavy (non-hydrogen) atoms. The molecule has 0 amide bonds. The van der Waals surface area contributed by atoms with Crippen LogP contribution in [0.3, 0.4) is 0 Å². The van der Waals surface area contributed by atoms with Crippen molar-refractivity contribution in [2.45, 2.75) is 18.8 Å². The van der Waals surface area contributed by atoms with Crippen LogP contribution in [-0.4, -0.2) is 41.3 Å². The van der Waals surface area contributed by atoms with E-state index < -0.39 is 5.97 Å². The van der Waals surface area contributed by atoms with Crippen LogP contribution >= 0.6 is 11.6 Å². The molecule has 1 aromatic heterocycles. The predicted molar refractivity (Wildman–Crippen MR) is 57.9 cm³/mol. The van der Waals surface area contributed by atoms with Crippen LogP contribution in [0.1, 0.15) is 34.9 Å². The van der Waals surface area contributed by atoms with Gasteiger partial charge in [0.1, 0.15) is 0 Å². The zero-order valence-corrected chi connectivity index (χ0v) is 9.70. The molecule has 0 radical (unpaired) electrons. The highest BCUT2D eigenvalue weighted by Crippen LogP contribution is 2.34. The molecule has 0 unspecified atom stereocenters. The van der Waals surface area contributed by atoms with Gasteiger partial charge in [0.05, 0.1) is 0 Å². The Bertz CT molecular complexity index is 397. The summed E-state index contributed by atoms with van der Waals surface area (Å²) in [5.74, 6) is -1.08. The average Bonchev–Trinajstić information content (AvgIpc) is 2.62. The van der Waals surface area contributed by atoms with E-state index in [-0.39, 0.29) is 16.8 Å². The van der Waals surface area contributed by atoms with Gasteiger partial charge in [0.2, 0.25) is 5.76 Å². The van der Waals surface area contributed by atoms with Gasteiger partial charge in [-0.05, 0) is 38.9 Å². The summed E-state index contributed by atoms with van der Waals surface area (Å²) in [6, 6.07) is 0. The van der Waals surface area contributed by atoms with Crippen molar-refractivity contribution in [3.8, 4) is 0 Å². The topological polar surface area (TPSA) is 66.6 Å². The zero-order valence-electron chi connectivity index (χ0n) is 8.94. The maximum atomic E-state index is 10.9. The first-order valence-corrected chi connectivity index (χ1v) is 5.54. The molecular formula is C10H13ClN2O3. The summed E-state index contributed by atoms with van der Waals surface area (Å²) in [6.07, 6.45) is 1.77. The summed E-state index contributed by atoms with van der Waals surface area (Å²) in [7, 11) is 2.05. The normalized spacial score (nSPS) is 18.9. The number of carboxylic acid groups (broad SMARTS) is 1. The maximum Gasteiger partial charge on any atom is 0.375 e. The van der Waals surface area contributed by atoms with Crippen molar-refractivity contribution in [2.24, 2.45) is 0 Å². The second kappa shape index (κ2) is 4.43. The number of hydrogen-bond donors (Lipinski definition) is 1. The van der Waals surface area contributed by atoms with Crippen molar-refractivity contribution < 1.29 is 14.4 Å². The molecule has 0 atom stereocenters. The number of hydrogen-bond acceptors (Lipinski definition) is 4. The van der Waals surface area contributed by atoms with Gasteiger partial charge in [-0.3, -0.25) is 0 Å². The van der Waals surface area contributed by atoms with Crippen LogP contribution < -0.4 is 0 Å². The molecular weight excluding hydrogens is 232 g/mol. The van der Waals surface area contributed by atoms with Crippen LogP contribution in [-0.2, 0) is 0 Å². The number of carbonyl (C=O) groups is 1. The quantitative estimate of drug-likeness (QED) is 0.860. The van der Waals surface area contributed by atoms with Crippen LogP contribution in [0.5, 0.6) is 0 Å². The van der Waals surface area contributed by atoms with Crippen LogP contribution in [0.15, 0.2) is 4.52 Å². The van der Waals surface area contributed by atoms with Crippen molar-refractivity contribution in [3.63, 3.8) is 0 Å². The van der Waals surface area contributed by atoms with E-state index in [1.807, 2.05) is 7.05 Å². The number of piperidine rings is 1. The molecule has 1 aromatic rings. The van der Waals surface area contributed by atoms with E-state index in [4.69, 9.17) is 21.2 Å². The Morgan fingerprint density at radius 2 is 2.19 bits per heavy atom. The zero-order chi connectivity index (χ0) is 11.7. The fourth-order valence-corrected chi connectivity index (χ4v) is 2.36. The Hall–Kier alpha value is -1.07. The Balaban J connectivity index is 2.25. The lowest BCUT2D eigenvalue weighted by molar-refractivity contribution is 0.0648. The minimum absolute atomic E-state index is 0.112. The first kappa shape index (κ1) is 11.4. The van der Waals surface area contributed by atoms with E-state index in [2.05, 4.69) is 10.1 Å². The second-order valence-electron chi connectivity index (χ2n) is 4.10. The molecule has 88 valence electrons. The summed E-state index contributed by atoms with van der Waals surface area (Å²) in [4.78, 5) is 13.1. The van der Waals surface area contributed by atoms with Crippen LogP contribution in [0.25, 0.3) is 0 Å². The first-order chi connectivity index (χ1) is 7.59. The van der Waals surface area contributed by atoms with Crippen LogP contribution in [0.2, 0.25) is 5.15 Å². The lowest BCUT2D eigenvalue weighted by atomic mass is 9.90. The summed E-state index contributed by atoms with van der Waals surface area (Å²) in [5.41, 5.74) is 0.558. The molecule has 6 heteroatoms. The molecule has 1 saturated heterocycles. The van der Waals surface area contributed by atoms with Gasteiger partial charge in [-0.25, -0.2) is 4.79 Å². The fourth-order valence-electron chi connectivity index (χ4n) is 2.08. The molecule has 1 N–H and O–H groups in total. The van der Waals surface area contributed by atoms with Crippen molar-refractivity contribution in [1.29, 1.82) is 0 Å². The van der Waals surface area contributed by atoms with Crippen molar-refractivity contribution in [2.75, 3.05) is 20.1 Å². The Morgan fingerprint density at radius 3 is 2.75 bits per heavy atom. The van der Waals surface area contributed by atoms with Gasteiger partial charge in [0.15, 0.2) is 5.15 Å². The lowest BCUT2D eigenvalue weighted by Crippen LogP contribution is -2.29. The van der Waals surface area contributed by atoms with Crippen LogP contribution in [0, 0.1) is 0 Å². The lowest BCUT2D eigenvalue weighted by Gasteiger charge is -2.28. The summed E-state index contributed by atoms with van der Waals surface area (Å²) in [5, 5.41) is 12.7. The Morgan fingerprint density at radius 1 is 1.56 bits per heavy atom. The number of aromatic nitrogens is 1. The molecule has 0 aliphatic carbocycles. The molecule has 1 aliphatic heterocycles. The van der Waals surface area contributed by atoms with E-state index in [1.165, 1.54) is 0 Å². The van der Waals surface area contributed by atoms with Crippen molar-refractivity contribution in [3.05, 3.63) is 16.5 Å². The molecule has 0 spiro atoms. The Labute approximate surface area is 98.0 Å². The molecule has 0 aromatic carbocycles. The largest absolute Gasteiger partial charge is 0.475 e. The number of nitrogens with zero attached hydrogens (tertiary/aromatic N) is 2. The smallest absolute Gasteiger partial charge is 0.375 e. The summed E-state index contributed by atoms with van der Waals surface area (Å²) in [6.45, 7) is 1.87. The van der Waals surface area contributed by atoms with Gasteiger partial charge in [0.25, 0.3) is 0 Å². The highest BCUT2D eigenvalue weighted by molar-refractivity contribution is 6.30. The number of carboxylic acids is 1. The summed E-state index contributed by atoms with van der Waals surface area (Å²) < 4.78 is 4.74. The molecule has 5 nitrogen and oxygen atoms in total. The molecule has 1 aliphatic rings. The van der Waals surface area contributed by atoms with E-state index in [1.54, 1.807) is 0 Å². The van der Waals surface area contributed by atoms with Gasteiger partial charge < -0.3 is 14.5 Å². The van der Waals surface area contributed by atoms with E-state index in [0.717, 1.165) is 25.9 Å². The van der Waals surface area contributed by atoms with Gasteiger partial charge in [-0.1, -0.05) is 16.8 Å². The third-order valence-electron chi connectivity index (χ3n) is 3.01. The third kappa shape index (κ3) is 2.05. The van der Waals surface area contributed by atoms with E-state index in [0.29, 0.717) is 5.56 Å². The van der Waals surface area contributed by atoms with Crippen molar-refractivity contribution >= 4 is 17.6 Å². The standard InChI is InChI=1S/C10H13ClN2O3/c1-13-4-2-6(3-5-13)7-8(10(14)15)16-12-9(7)11/h6H,2-5H2,1H3,(H,14,15). The average molecular weight is 245 g/mol. The van der Waals surface area contributed by atoms with Gasteiger partial charge >= 0.3 is 5.97 Å². The number of halogens is 1.